The van der Waals surface area contributed by atoms with Crippen LogP contribution in [0.1, 0.15) is 0 Å². The summed E-state index contributed by atoms with van der Waals surface area (Å²) in [4.78, 5) is 0. The molecule has 31 valence electrons. The van der Waals surface area contributed by atoms with Crippen LogP contribution in [0, 0.1) is 0 Å². The standard InChI is InChI=1S/Fe.Li.Ni.HOP/c;;;1-2/h;;;2H. The topological polar surface area (TPSA) is 17.1 Å². The van der Waals surface area contributed by atoms with Crippen molar-refractivity contribution in [2.75, 3.05) is 0 Å². The van der Waals surface area contributed by atoms with Gasteiger partial charge in [0.15, 0.2) is 0 Å². The van der Waals surface area contributed by atoms with E-state index in [-0.39, 0.29) is 52.4 Å². The van der Waals surface area contributed by atoms with Crippen molar-refractivity contribution in [3.8, 4) is 0 Å². The van der Waals surface area contributed by atoms with Gasteiger partial charge in [0.05, 0.1) is 0 Å². The SMILES string of the molecule is O=P.[Fe].[Li].[Ni]. The molecule has 0 aromatic heterocycles. The van der Waals surface area contributed by atoms with Crippen molar-refractivity contribution in [1.82, 2.24) is 0 Å². The molecule has 0 saturated heterocycles. The smallest absolute Gasteiger partial charge is 0.138 e. The molecule has 0 atom stereocenters. The van der Waals surface area contributed by atoms with Gasteiger partial charge in [0.25, 0.3) is 0 Å². The summed E-state index contributed by atoms with van der Waals surface area (Å²) in [6, 6.07) is 0. The fraction of sp³-hybridized carbons (Fsp3) is 0. The Morgan fingerprint density at radius 1 is 1.20 bits per heavy atom. The number of hydrogen-bond donors (Lipinski definition) is 0. The molecule has 5 heavy (non-hydrogen) atoms. The van der Waals surface area contributed by atoms with E-state index in [0.29, 0.717) is 0 Å². The largest absolute Gasteiger partial charge is 0.279 e. The predicted molar refractivity (Wildman–Crippen MR) is 14.8 cm³/mol. The first-order valence-corrected chi connectivity index (χ1v) is 0.612. The third-order valence-electron chi connectivity index (χ3n) is 0. The van der Waals surface area contributed by atoms with Crippen LogP contribution in [0.4, 0.5) is 0 Å². The zero-order valence-electron chi connectivity index (χ0n) is 2.58. The van der Waals surface area contributed by atoms with E-state index in [1.165, 1.54) is 0 Å². The molecular weight excluding hydrogens is 168 g/mol. The first kappa shape index (κ1) is 29.8. The van der Waals surface area contributed by atoms with E-state index in [1.54, 1.807) is 9.12 Å². The summed E-state index contributed by atoms with van der Waals surface area (Å²) in [6.45, 7) is 0. The van der Waals surface area contributed by atoms with Gasteiger partial charge in [0.2, 0.25) is 0 Å². The molecule has 0 saturated carbocycles. The van der Waals surface area contributed by atoms with Gasteiger partial charge in [0.1, 0.15) is 9.12 Å². The molecule has 0 amide bonds. The number of hydrogen-bond acceptors (Lipinski definition) is 1. The first-order chi connectivity index (χ1) is 1.00. The van der Waals surface area contributed by atoms with Crippen LogP contribution in [-0.4, -0.2) is 18.9 Å². The molecule has 0 heterocycles. The van der Waals surface area contributed by atoms with E-state index in [0.717, 1.165) is 0 Å². The Morgan fingerprint density at radius 2 is 1.20 bits per heavy atom. The van der Waals surface area contributed by atoms with Gasteiger partial charge in [-0.3, -0.25) is 4.57 Å². The van der Waals surface area contributed by atoms with Crippen LogP contribution in [0.2, 0.25) is 0 Å². The summed E-state index contributed by atoms with van der Waals surface area (Å²) >= 11 is 0. The Kier molecular flexibility index (Phi) is 258. The monoisotopic (exact) mass is 169 g/mol. The molecule has 0 bridgehead atoms. The van der Waals surface area contributed by atoms with Crippen molar-refractivity contribution < 1.29 is 38.1 Å². The summed E-state index contributed by atoms with van der Waals surface area (Å²) in [5.74, 6) is 0. The maximum atomic E-state index is 8.06. The van der Waals surface area contributed by atoms with Gasteiger partial charge >= 0.3 is 0 Å². The van der Waals surface area contributed by atoms with Crippen LogP contribution in [-0.2, 0) is 38.1 Å². The number of rotatable bonds is 0. The fourth-order valence-corrected chi connectivity index (χ4v) is 0. The van der Waals surface area contributed by atoms with Crippen molar-refractivity contribution >= 4 is 28.0 Å². The van der Waals surface area contributed by atoms with Crippen LogP contribution in [0.3, 0.4) is 0 Å². The Labute approximate surface area is 65.8 Å². The van der Waals surface area contributed by atoms with Crippen molar-refractivity contribution in [1.29, 1.82) is 0 Å². The molecule has 0 rings (SSSR count). The predicted octanol–water partition coefficient (Wildman–Crippen LogP) is 0.0889. The minimum absolute atomic E-state index is 0. The van der Waals surface area contributed by atoms with E-state index >= 15 is 0 Å². The molecular formula is HFeLiNiOP. The van der Waals surface area contributed by atoms with E-state index in [4.69, 9.17) is 4.57 Å². The van der Waals surface area contributed by atoms with Gasteiger partial charge in [-0.15, -0.1) is 0 Å². The van der Waals surface area contributed by atoms with E-state index in [1.807, 2.05) is 0 Å². The molecule has 0 aromatic rings. The molecule has 1 radical (unpaired) electrons. The minimum Gasteiger partial charge on any atom is -0.279 e. The van der Waals surface area contributed by atoms with Crippen molar-refractivity contribution in [3.63, 3.8) is 0 Å². The Bertz CT molecular complexity index is 11.6. The quantitative estimate of drug-likeness (QED) is 0.371. The maximum absolute atomic E-state index is 8.06. The molecule has 0 aromatic carbocycles. The van der Waals surface area contributed by atoms with Gasteiger partial charge in [-0.2, -0.15) is 0 Å². The Hall–Kier alpha value is 1.71. The summed E-state index contributed by atoms with van der Waals surface area (Å²) < 4.78 is 8.06. The van der Waals surface area contributed by atoms with E-state index in [9.17, 15) is 0 Å². The molecule has 0 aliphatic heterocycles. The zero-order valence-corrected chi connectivity index (χ0v) is 5.67. The zero-order chi connectivity index (χ0) is 2.00. The van der Waals surface area contributed by atoms with Crippen molar-refractivity contribution in [2.24, 2.45) is 0 Å². The molecule has 0 aliphatic carbocycles. The summed E-state index contributed by atoms with van der Waals surface area (Å²) in [5, 5.41) is 0. The second kappa shape index (κ2) is 43.3. The maximum Gasteiger partial charge on any atom is 0.138 e. The third kappa shape index (κ3) is 26.9. The second-order valence-corrected chi connectivity index (χ2v) is 0. The molecule has 0 aliphatic rings. The van der Waals surface area contributed by atoms with Crippen LogP contribution in [0.25, 0.3) is 0 Å². The van der Waals surface area contributed by atoms with Crippen LogP contribution in [0.15, 0.2) is 0 Å². The molecule has 0 N–H and O–H groups in total. The Morgan fingerprint density at radius 3 is 1.20 bits per heavy atom. The van der Waals surface area contributed by atoms with Gasteiger partial charge in [-0.1, -0.05) is 0 Å². The molecule has 0 unspecified atom stereocenters. The van der Waals surface area contributed by atoms with Gasteiger partial charge < -0.3 is 0 Å². The first-order valence-electron chi connectivity index (χ1n) is 0.204. The average Bonchev–Trinajstić information content (AvgIpc) is 1.00. The molecule has 1 nitrogen and oxygen atoms in total. The Balaban J connectivity index is -0.00000000167. The van der Waals surface area contributed by atoms with Gasteiger partial charge in [-0.05, 0) is 0 Å². The normalized spacial score (nSPS) is 0.800. The fourth-order valence-electron chi connectivity index (χ4n) is 0. The minimum atomic E-state index is 0. The molecule has 0 fully saturated rings. The van der Waals surface area contributed by atoms with Gasteiger partial charge in [0, 0.05) is 52.4 Å². The second-order valence-electron chi connectivity index (χ2n) is 0. The van der Waals surface area contributed by atoms with Gasteiger partial charge in [-0.25, -0.2) is 0 Å². The molecule has 5 heteroatoms. The third-order valence-corrected chi connectivity index (χ3v) is 0. The van der Waals surface area contributed by atoms with Crippen LogP contribution in [0.5, 0.6) is 0 Å². The summed E-state index contributed by atoms with van der Waals surface area (Å²) in [5.41, 5.74) is 0. The average molecular weight is 169 g/mol. The van der Waals surface area contributed by atoms with E-state index < -0.39 is 0 Å². The van der Waals surface area contributed by atoms with Crippen LogP contribution < -0.4 is 0 Å². The van der Waals surface area contributed by atoms with Crippen LogP contribution >= 0.6 is 9.12 Å². The summed E-state index contributed by atoms with van der Waals surface area (Å²) in [6.07, 6.45) is 0. The van der Waals surface area contributed by atoms with E-state index in [2.05, 4.69) is 0 Å². The molecule has 0 spiro atoms. The summed E-state index contributed by atoms with van der Waals surface area (Å²) in [7, 11) is 1.72. The van der Waals surface area contributed by atoms with Crippen molar-refractivity contribution in [3.05, 3.63) is 0 Å². The van der Waals surface area contributed by atoms with Crippen molar-refractivity contribution in [2.45, 2.75) is 0 Å².